The van der Waals surface area contributed by atoms with Crippen LogP contribution in [0.3, 0.4) is 0 Å². The van der Waals surface area contributed by atoms with Crippen molar-refractivity contribution in [2.75, 3.05) is 6.54 Å². The Balaban J connectivity index is 1.91. The Bertz CT molecular complexity index is 541. The zero-order valence-electron chi connectivity index (χ0n) is 12.8. The average Bonchev–Trinajstić information content (AvgIpc) is 3.03. The normalized spacial score (nSPS) is 17.8. The van der Waals surface area contributed by atoms with Crippen LogP contribution in [0.15, 0.2) is 42.6 Å². The lowest BCUT2D eigenvalue weighted by atomic mass is 9.82. The molecule has 1 saturated carbocycles. The number of nitrogens with zero attached hydrogens (tertiary/aromatic N) is 2. The van der Waals surface area contributed by atoms with Crippen LogP contribution < -0.4 is 5.32 Å². The van der Waals surface area contributed by atoms with Crippen LogP contribution in [0.4, 0.5) is 0 Å². The number of aromatic nitrogens is 2. The Hall–Kier alpha value is -1.61. The third kappa shape index (κ3) is 3.18. The topological polar surface area (TPSA) is 29.9 Å². The van der Waals surface area contributed by atoms with Crippen molar-refractivity contribution >= 4 is 0 Å². The minimum atomic E-state index is 0.415. The van der Waals surface area contributed by atoms with E-state index in [1.165, 1.54) is 37.8 Å². The van der Waals surface area contributed by atoms with E-state index in [0.717, 1.165) is 18.2 Å². The first kappa shape index (κ1) is 14.3. The molecule has 1 fully saturated rings. The van der Waals surface area contributed by atoms with E-state index >= 15 is 0 Å². The standard InChI is InChI=1S/C18H25N3/c1-2-19-18(15-9-5-3-6-10-15)17-13-14-20-21(17)16-11-7-4-8-12-16/h4,7-8,11-15,18-19H,2-3,5-6,9-10H2,1H3. The summed E-state index contributed by atoms with van der Waals surface area (Å²) >= 11 is 0. The van der Waals surface area contributed by atoms with Crippen LogP contribution in [0.1, 0.15) is 50.8 Å². The molecule has 0 saturated heterocycles. The molecule has 112 valence electrons. The first-order valence-electron chi connectivity index (χ1n) is 8.23. The highest BCUT2D eigenvalue weighted by atomic mass is 15.3. The molecule has 3 rings (SSSR count). The van der Waals surface area contributed by atoms with Gasteiger partial charge in [-0.15, -0.1) is 0 Å². The number of hydrogen-bond acceptors (Lipinski definition) is 2. The van der Waals surface area contributed by atoms with Crippen LogP contribution in [0.2, 0.25) is 0 Å². The lowest BCUT2D eigenvalue weighted by molar-refractivity contribution is 0.268. The fraction of sp³-hybridized carbons (Fsp3) is 0.500. The zero-order valence-corrected chi connectivity index (χ0v) is 12.8. The molecule has 1 aromatic heterocycles. The summed E-state index contributed by atoms with van der Waals surface area (Å²) in [6.45, 7) is 3.19. The summed E-state index contributed by atoms with van der Waals surface area (Å²) < 4.78 is 2.10. The SMILES string of the molecule is CCNC(c1ccnn1-c1ccccc1)C1CCCCC1. The van der Waals surface area contributed by atoms with Gasteiger partial charge in [0.2, 0.25) is 0 Å². The molecule has 3 nitrogen and oxygen atoms in total. The number of para-hydroxylation sites is 1. The summed E-state index contributed by atoms with van der Waals surface area (Å²) in [4.78, 5) is 0. The molecular formula is C18H25N3. The Morgan fingerprint density at radius 2 is 1.90 bits per heavy atom. The van der Waals surface area contributed by atoms with Crippen molar-refractivity contribution in [2.24, 2.45) is 5.92 Å². The number of hydrogen-bond donors (Lipinski definition) is 1. The summed E-state index contributed by atoms with van der Waals surface area (Å²) in [6, 6.07) is 13.0. The molecule has 0 bridgehead atoms. The van der Waals surface area contributed by atoms with Crippen molar-refractivity contribution in [1.29, 1.82) is 0 Å². The molecule has 0 amide bonds. The fourth-order valence-electron chi connectivity index (χ4n) is 3.53. The van der Waals surface area contributed by atoms with Crippen LogP contribution in [-0.2, 0) is 0 Å². The van der Waals surface area contributed by atoms with Crippen LogP contribution in [0, 0.1) is 5.92 Å². The highest BCUT2D eigenvalue weighted by Gasteiger charge is 2.27. The van der Waals surface area contributed by atoms with Crippen molar-refractivity contribution in [2.45, 2.75) is 45.1 Å². The van der Waals surface area contributed by atoms with E-state index in [4.69, 9.17) is 0 Å². The van der Waals surface area contributed by atoms with Gasteiger partial charge in [0.1, 0.15) is 0 Å². The highest BCUT2D eigenvalue weighted by Crippen LogP contribution is 2.34. The van der Waals surface area contributed by atoms with Gasteiger partial charge in [0.25, 0.3) is 0 Å². The molecule has 1 unspecified atom stereocenters. The predicted molar refractivity (Wildman–Crippen MR) is 86.6 cm³/mol. The molecule has 1 aromatic carbocycles. The molecule has 1 atom stereocenters. The predicted octanol–water partition coefficient (Wildman–Crippen LogP) is 4.10. The fourth-order valence-corrected chi connectivity index (χ4v) is 3.53. The molecule has 1 N–H and O–H groups in total. The maximum absolute atomic E-state index is 4.56. The summed E-state index contributed by atoms with van der Waals surface area (Å²) in [5, 5.41) is 8.27. The first-order chi connectivity index (χ1) is 10.4. The lowest BCUT2D eigenvalue weighted by Gasteiger charge is -2.31. The second-order valence-corrected chi connectivity index (χ2v) is 5.94. The van der Waals surface area contributed by atoms with Gasteiger partial charge in [-0.2, -0.15) is 5.10 Å². The maximum Gasteiger partial charge on any atom is 0.0649 e. The molecule has 0 spiro atoms. The monoisotopic (exact) mass is 283 g/mol. The van der Waals surface area contributed by atoms with E-state index in [9.17, 15) is 0 Å². The van der Waals surface area contributed by atoms with E-state index in [1.807, 2.05) is 6.20 Å². The molecule has 3 heteroatoms. The van der Waals surface area contributed by atoms with Crippen molar-refractivity contribution < 1.29 is 0 Å². The van der Waals surface area contributed by atoms with Gasteiger partial charge in [0, 0.05) is 6.20 Å². The van der Waals surface area contributed by atoms with Crippen molar-refractivity contribution in [3.05, 3.63) is 48.3 Å². The maximum atomic E-state index is 4.56. The van der Waals surface area contributed by atoms with Crippen LogP contribution in [0.25, 0.3) is 5.69 Å². The van der Waals surface area contributed by atoms with Gasteiger partial charge in [-0.05, 0) is 43.5 Å². The largest absolute Gasteiger partial charge is 0.309 e. The summed E-state index contributed by atoms with van der Waals surface area (Å²) in [5.74, 6) is 0.734. The van der Waals surface area contributed by atoms with Crippen molar-refractivity contribution in [3.63, 3.8) is 0 Å². The van der Waals surface area contributed by atoms with Gasteiger partial charge >= 0.3 is 0 Å². The van der Waals surface area contributed by atoms with E-state index in [2.05, 4.69) is 58.4 Å². The Morgan fingerprint density at radius 1 is 1.14 bits per heavy atom. The smallest absolute Gasteiger partial charge is 0.0649 e. The number of benzene rings is 1. The molecular weight excluding hydrogens is 258 g/mol. The minimum Gasteiger partial charge on any atom is -0.309 e. The summed E-state index contributed by atoms with van der Waals surface area (Å²) in [6.07, 6.45) is 8.72. The van der Waals surface area contributed by atoms with Gasteiger partial charge in [0.15, 0.2) is 0 Å². The second-order valence-electron chi connectivity index (χ2n) is 5.94. The van der Waals surface area contributed by atoms with Crippen molar-refractivity contribution in [1.82, 2.24) is 15.1 Å². The van der Waals surface area contributed by atoms with Gasteiger partial charge in [0.05, 0.1) is 17.4 Å². The van der Waals surface area contributed by atoms with Gasteiger partial charge < -0.3 is 5.32 Å². The van der Waals surface area contributed by atoms with E-state index < -0.39 is 0 Å². The minimum absolute atomic E-state index is 0.415. The third-order valence-electron chi connectivity index (χ3n) is 4.54. The molecule has 21 heavy (non-hydrogen) atoms. The van der Waals surface area contributed by atoms with E-state index in [0.29, 0.717) is 6.04 Å². The molecule has 1 aliphatic rings. The molecule has 1 aliphatic carbocycles. The second kappa shape index (κ2) is 6.90. The zero-order chi connectivity index (χ0) is 14.5. The van der Waals surface area contributed by atoms with Gasteiger partial charge in [-0.1, -0.05) is 44.4 Å². The average molecular weight is 283 g/mol. The lowest BCUT2D eigenvalue weighted by Crippen LogP contribution is -2.31. The van der Waals surface area contributed by atoms with E-state index in [-0.39, 0.29) is 0 Å². The number of nitrogens with one attached hydrogen (secondary N) is 1. The van der Waals surface area contributed by atoms with Crippen LogP contribution in [0.5, 0.6) is 0 Å². The Labute approximate surface area is 127 Å². The third-order valence-corrected chi connectivity index (χ3v) is 4.54. The molecule has 0 aliphatic heterocycles. The van der Waals surface area contributed by atoms with E-state index in [1.54, 1.807) is 0 Å². The van der Waals surface area contributed by atoms with Gasteiger partial charge in [-0.3, -0.25) is 0 Å². The molecule has 2 aromatic rings. The van der Waals surface area contributed by atoms with Gasteiger partial charge in [-0.25, -0.2) is 4.68 Å². The van der Waals surface area contributed by atoms with Crippen molar-refractivity contribution in [3.8, 4) is 5.69 Å². The first-order valence-corrected chi connectivity index (χ1v) is 8.23. The Morgan fingerprint density at radius 3 is 2.62 bits per heavy atom. The molecule has 1 heterocycles. The summed E-state index contributed by atoms with van der Waals surface area (Å²) in [5.41, 5.74) is 2.45. The van der Waals surface area contributed by atoms with Crippen LogP contribution >= 0.6 is 0 Å². The number of rotatable bonds is 5. The molecule has 0 radical (unpaired) electrons. The summed E-state index contributed by atoms with van der Waals surface area (Å²) in [7, 11) is 0. The quantitative estimate of drug-likeness (QED) is 0.895. The highest BCUT2D eigenvalue weighted by molar-refractivity contribution is 5.33. The van der Waals surface area contributed by atoms with Crippen LogP contribution in [-0.4, -0.2) is 16.3 Å². The Kier molecular flexibility index (Phi) is 4.71.